The number of benzene rings is 1. The van der Waals surface area contributed by atoms with Crippen LogP contribution in [0.1, 0.15) is 34.7 Å². The van der Waals surface area contributed by atoms with E-state index in [-0.39, 0.29) is 5.91 Å². The van der Waals surface area contributed by atoms with Gasteiger partial charge in [-0.15, -0.1) is 0 Å². The fourth-order valence-corrected chi connectivity index (χ4v) is 2.89. The van der Waals surface area contributed by atoms with Crippen molar-refractivity contribution in [2.75, 3.05) is 20.8 Å². The van der Waals surface area contributed by atoms with Crippen LogP contribution in [0.3, 0.4) is 0 Å². The van der Waals surface area contributed by atoms with Gasteiger partial charge in [0.25, 0.3) is 5.91 Å². The number of nitrogens with zero attached hydrogens (tertiary/aromatic N) is 2. The molecule has 25 heavy (non-hydrogen) atoms. The Kier molecular flexibility index (Phi) is 5.26. The summed E-state index contributed by atoms with van der Waals surface area (Å²) in [7, 11) is 3.13. The Balaban J connectivity index is 1.60. The Bertz CT molecular complexity index is 750. The summed E-state index contributed by atoms with van der Waals surface area (Å²) in [4.78, 5) is 16.9. The molecule has 134 valence electrons. The van der Waals surface area contributed by atoms with Gasteiger partial charge in [-0.25, -0.2) is 4.98 Å². The highest BCUT2D eigenvalue weighted by Gasteiger charge is 2.23. The lowest BCUT2D eigenvalue weighted by Crippen LogP contribution is -2.27. The molecule has 1 amide bonds. The largest absolute Gasteiger partial charge is 0.497 e. The van der Waals surface area contributed by atoms with E-state index in [1.165, 1.54) is 18.5 Å². The molecule has 1 aliphatic carbocycles. The zero-order chi connectivity index (χ0) is 17.8. The minimum atomic E-state index is -0.156. The van der Waals surface area contributed by atoms with E-state index in [4.69, 9.17) is 9.47 Å². The number of imidazole rings is 1. The number of carbonyl (C=O) groups is 1. The number of methoxy groups -OCH3 is 2. The first-order valence-corrected chi connectivity index (χ1v) is 8.63. The SMILES string of the molecule is COc1ccc(C(=O)NCCc2ncc(C)n2CC2CC2)c(OC)c1. The Labute approximate surface area is 148 Å². The summed E-state index contributed by atoms with van der Waals surface area (Å²) in [5.74, 6) is 2.83. The second kappa shape index (κ2) is 7.59. The lowest BCUT2D eigenvalue weighted by atomic mass is 10.1. The molecule has 6 nitrogen and oxygen atoms in total. The molecule has 1 aromatic carbocycles. The fourth-order valence-electron chi connectivity index (χ4n) is 2.89. The molecule has 6 heteroatoms. The number of hydrogen-bond acceptors (Lipinski definition) is 4. The predicted molar refractivity (Wildman–Crippen MR) is 95.3 cm³/mol. The minimum Gasteiger partial charge on any atom is -0.497 e. The minimum absolute atomic E-state index is 0.156. The third-order valence-electron chi connectivity index (χ3n) is 4.56. The standard InChI is InChI=1S/C19H25N3O3/c1-13-11-21-18(22(13)12-14-4-5-14)8-9-20-19(23)16-7-6-15(24-2)10-17(16)25-3/h6-7,10-11,14H,4-5,8-9,12H2,1-3H3,(H,20,23). The van der Waals surface area contributed by atoms with E-state index < -0.39 is 0 Å². The van der Waals surface area contributed by atoms with E-state index in [1.807, 2.05) is 6.20 Å². The smallest absolute Gasteiger partial charge is 0.255 e. The number of nitrogens with one attached hydrogen (secondary N) is 1. The Morgan fingerprint density at radius 1 is 1.32 bits per heavy atom. The second-order valence-electron chi connectivity index (χ2n) is 6.44. The van der Waals surface area contributed by atoms with Crippen LogP contribution in [-0.4, -0.2) is 36.2 Å². The zero-order valence-electron chi connectivity index (χ0n) is 15.0. The van der Waals surface area contributed by atoms with Gasteiger partial charge in [-0.05, 0) is 37.8 Å². The lowest BCUT2D eigenvalue weighted by Gasteiger charge is -2.12. The van der Waals surface area contributed by atoms with Crippen LogP contribution in [0.2, 0.25) is 0 Å². The summed E-state index contributed by atoms with van der Waals surface area (Å²) in [5, 5.41) is 2.95. The zero-order valence-corrected chi connectivity index (χ0v) is 15.0. The molecule has 1 aliphatic rings. The van der Waals surface area contributed by atoms with Gasteiger partial charge in [0.1, 0.15) is 17.3 Å². The predicted octanol–water partition coefficient (Wildman–Crippen LogP) is 2.59. The molecule has 0 saturated heterocycles. The third-order valence-corrected chi connectivity index (χ3v) is 4.56. The van der Waals surface area contributed by atoms with E-state index in [2.05, 4.69) is 21.8 Å². The van der Waals surface area contributed by atoms with Crippen molar-refractivity contribution < 1.29 is 14.3 Å². The highest BCUT2D eigenvalue weighted by Crippen LogP contribution is 2.31. The van der Waals surface area contributed by atoms with Crippen molar-refractivity contribution in [3.05, 3.63) is 41.5 Å². The Morgan fingerprint density at radius 2 is 2.12 bits per heavy atom. The number of ether oxygens (including phenoxy) is 2. The molecule has 1 fully saturated rings. The number of amides is 1. The van der Waals surface area contributed by atoms with E-state index >= 15 is 0 Å². The van der Waals surface area contributed by atoms with E-state index in [0.29, 0.717) is 30.0 Å². The van der Waals surface area contributed by atoms with Crippen molar-refractivity contribution in [3.8, 4) is 11.5 Å². The fraction of sp³-hybridized carbons (Fsp3) is 0.474. The molecule has 0 aliphatic heterocycles. The molecule has 1 aromatic heterocycles. The normalized spacial score (nSPS) is 13.6. The van der Waals surface area contributed by atoms with Crippen LogP contribution < -0.4 is 14.8 Å². The molecule has 3 rings (SSSR count). The average Bonchev–Trinajstić information content (AvgIpc) is 3.39. The summed E-state index contributed by atoms with van der Waals surface area (Å²) < 4.78 is 12.7. The van der Waals surface area contributed by atoms with Crippen LogP contribution in [0.25, 0.3) is 0 Å². The first-order chi connectivity index (χ1) is 12.1. The summed E-state index contributed by atoms with van der Waals surface area (Å²) in [5.41, 5.74) is 1.69. The van der Waals surface area contributed by atoms with Gasteiger partial charge in [0.15, 0.2) is 0 Å². The van der Waals surface area contributed by atoms with Gasteiger partial charge in [0, 0.05) is 37.5 Å². The van der Waals surface area contributed by atoms with Crippen LogP contribution in [0.4, 0.5) is 0 Å². The molecule has 1 saturated carbocycles. The van der Waals surface area contributed by atoms with E-state index in [1.54, 1.807) is 32.4 Å². The van der Waals surface area contributed by atoms with Crippen molar-refractivity contribution >= 4 is 5.91 Å². The maximum Gasteiger partial charge on any atom is 0.255 e. The highest BCUT2D eigenvalue weighted by molar-refractivity contribution is 5.97. The molecule has 0 atom stereocenters. The lowest BCUT2D eigenvalue weighted by molar-refractivity contribution is 0.0951. The first kappa shape index (κ1) is 17.3. The maximum absolute atomic E-state index is 12.4. The van der Waals surface area contributed by atoms with Gasteiger partial charge in [0.05, 0.1) is 19.8 Å². The van der Waals surface area contributed by atoms with Gasteiger partial charge in [0.2, 0.25) is 0 Å². The average molecular weight is 343 g/mol. The second-order valence-corrected chi connectivity index (χ2v) is 6.44. The number of hydrogen-bond donors (Lipinski definition) is 1. The van der Waals surface area contributed by atoms with Crippen LogP contribution in [0.15, 0.2) is 24.4 Å². The molecular formula is C19H25N3O3. The summed E-state index contributed by atoms with van der Waals surface area (Å²) in [6.07, 6.45) is 5.24. The van der Waals surface area contributed by atoms with Gasteiger partial charge in [-0.2, -0.15) is 0 Å². The van der Waals surface area contributed by atoms with Gasteiger partial charge in [-0.3, -0.25) is 4.79 Å². The van der Waals surface area contributed by atoms with E-state index in [9.17, 15) is 4.79 Å². The van der Waals surface area contributed by atoms with Crippen LogP contribution in [-0.2, 0) is 13.0 Å². The molecule has 0 unspecified atom stereocenters. The summed E-state index contributed by atoms with van der Waals surface area (Å²) >= 11 is 0. The quantitative estimate of drug-likeness (QED) is 0.800. The first-order valence-electron chi connectivity index (χ1n) is 8.63. The number of aromatic nitrogens is 2. The topological polar surface area (TPSA) is 65.4 Å². The van der Waals surface area contributed by atoms with E-state index in [0.717, 1.165) is 18.3 Å². The van der Waals surface area contributed by atoms with Crippen LogP contribution >= 0.6 is 0 Å². The molecular weight excluding hydrogens is 318 g/mol. The number of carbonyl (C=O) groups excluding carboxylic acids is 1. The number of rotatable bonds is 8. The Morgan fingerprint density at radius 3 is 2.80 bits per heavy atom. The van der Waals surface area contributed by atoms with Crippen molar-refractivity contribution in [2.24, 2.45) is 5.92 Å². The molecule has 2 aromatic rings. The van der Waals surface area contributed by atoms with Crippen molar-refractivity contribution in [1.29, 1.82) is 0 Å². The summed E-state index contributed by atoms with van der Waals surface area (Å²) in [6, 6.07) is 5.18. The molecule has 0 radical (unpaired) electrons. The van der Waals surface area contributed by atoms with Crippen LogP contribution in [0.5, 0.6) is 11.5 Å². The number of aryl methyl sites for hydroxylation is 1. The van der Waals surface area contributed by atoms with Crippen LogP contribution in [0, 0.1) is 12.8 Å². The monoisotopic (exact) mass is 343 g/mol. The van der Waals surface area contributed by atoms with Crippen molar-refractivity contribution in [3.63, 3.8) is 0 Å². The van der Waals surface area contributed by atoms with Crippen molar-refractivity contribution in [2.45, 2.75) is 32.7 Å². The van der Waals surface area contributed by atoms with Gasteiger partial charge in [-0.1, -0.05) is 0 Å². The van der Waals surface area contributed by atoms with Crippen molar-refractivity contribution in [1.82, 2.24) is 14.9 Å². The van der Waals surface area contributed by atoms with Gasteiger partial charge < -0.3 is 19.4 Å². The molecule has 0 bridgehead atoms. The molecule has 1 heterocycles. The highest BCUT2D eigenvalue weighted by atomic mass is 16.5. The third kappa shape index (κ3) is 4.13. The maximum atomic E-state index is 12.4. The Hall–Kier alpha value is -2.50. The van der Waals surface area contributed by atoms with Gasteiger partial charge >= 0.3 is 0 Å². The molecule has 1 N–H and O–H groups in total. The molecule has 0 spiro atoms. The summed E-state index contributed by atoms with van der Waals surface area (Å²) in [6.45, 7) is 3.66.